The van der Waals surface area contributed by atoms with Gasteiger partial charge in [0.25, 0.3) is 0 Å². The third kappa shape index (κ3) is 4.95. The van der Waals surface area contributed by atoms with Crippen molar-refractivity contribution in [2.24, 2.45) is 52.3 Å². The number of fused-ring (bicyclic) bond motifs is 5. The number of hydrogen-bond donors (Lipinski definition) is 2. The van der Waals surface area contributed by atoms with E-state index in [0.29, 0.717) is 55.1 Å². The Bertz CT molecular complexity index is 1090. The minimum absolute atomic E-state index is 0.202. The summed E-state index contributed by atoms with van der Waals surface area (Å²) in [6.07, 6.45) is 11.7. The van der Waals surface area contributed by atoms with E-state index in [1.54, 1.807) is 12.4 Å². The van der Waals surface area contributed by atoms with E-state index >= 15 is 0 Å². The first kappa shape index (κ1) is 29.3. The number of nitrogens with zero attached hydrogens (tertiary/aromatic N) is 1. The van der Waals surface area contributed by atoms with Gasteiger partial charge in [0.1, 0.15) is 0 Å². The molecule has 6 rings (SSSR count). The minimum Gasteiger partial charge on any atom is -0.393 e. The maximum Gasteiger partial charge on any atom is 0.475 e. The van der Waals surface area contributed by atoms with Gasteiger partial charge in [-0.15, -0.1) is 0 Å². The molecular formula is C32H50NO6P. The lowest BCUT2D eigenvalue weighted by Gasteiger charge is -2.64. The van der Waals surface area contributed by atoms with Crippen molar-refractivity contribution in [3.8, 4) is 0 Å². The summed E-state index contributed by atoms with van der Waals surface area (Å²) >= 11 is 0. The monoisotopic (exact) mass is 575 g/mol. The lowest BCUT2D eigenvalue weighted by atomic mass is 9.42. The normalized spacial score (nSPS) is 49.5. The third-order valence-electron chi connectivity index (χ3n) is 12.7. The molecule has 0 spiro atoms. The van der Waals surface area contributed by atoms with Crippen molar-refractivity contribution >= 4 is 7.82 Å². The molecule has 7 nitrogen and oxygen atoms in total. The number of aromatic nitrogens is 1. The Labute approximate surface area is 240 Å². The molecule has 5 unspecified atom stereocenters. The summed E-state index contributed by atoms with van der Waals surface area (Å²) < 4.78 is 30.5. The Hall–Kier alpha value is -0.820. The number of phosphoric acid groups is 1. The SMILES string of the molecule is C[C@H](CCOP1(=O)OCC[C@H](c2ccncc2)O1)[C@H]1CCC2C3C(CC[C@@]21C)[C@@]1(C)CC[C@@H](O)CC1[C@@H](C)[C@H]3O. The Balaban J connectivity index is 1.10. The largest absolute Gasteiger partial charge is 0.475 e. The van der Waals surface area contributed by atoms with Crippen LogP contribution in [0.4, 0.5) is 0 Å². The van der Waals surface area contributed by atoms with Crippen molar-refractivity contribution in [3.05, 3.63) is 30.1 Å². The van der Waals surface area contributed by atoms with Gasteiger partial charge in [-0.25, -0.2) is 4.57 Å². The van der Waals surface area contributed by atoms with Crippen LogP contribution in [0.2, 0.25) is 0 Å². The molecule has 4 aliphatic carbocycles. The van der Waals surface area contributed by atoms with E-state index in [2.05, 4.69) is 32.7 Å². The van der Waals surface area contributed by atoms with E-state index < -0.39 is 7.82 Å². The highest BCUT2D eigenvalue weighted by atomic mass is 31.2. The van der Waals surface area contributed by atoms with E-state index in [1.807, 2.05) is 12.1 Å². The molecule has 4 saturated carbocycles. The standard InChI is InChI=1S/C32H50NO6P/c1-20(11-17-37-40(36)38-18-12-28(39-40)22-9-15-33-16-10-22)24-5-6-25-29-26(8-14-31(24,25)3)32(4)13-7-23(34)19-27(32)21(2)30(29)35/h9-10,15-16,20-21,23-30,34-35H,5-8,11-14,17-19H2,1-4H3/t20-,21-,23-,24-,25?,26?,27?,28-,29?,30-,31-,32-,40?/m1/s1. The topological polar surface area (TPSA) is 98.1 Å². The number of phosphoric ester groups is 1. The van der Waals surface area contributed by atoms with Gasteiger partial charge >= 0.3 is 7.82 Å². The summed E-state index contributed by atoms with van der Waals surface area (Å²) in [5.41, 5.74) is 1.37. The van der Waals surface area contributed by atoms with Gasteiger partial charge in [-0.3, -0.25) is 18.6 Å². The molecule has 13 atom stereocenters. The van der Waals surface area contributed by atoms with Crippen LogP contribution in [0.5, 0.6) is 0 Å². The van der Waals surface area contributed by atoms with Crippen molar-refractivity contribution in [1.82, 2.24) is 4.98 Å². The molecule has 1 aliphatic heterocycles. The molecule has 2 heterocycles. The molecule has 0 amide bonds. The predicted octanol–water partition coefficient (Wildman–Crippen LogP) is 6.95. The lowest BCUT2D eigenvalue weighted by molar-refractivity contribution is -0.199. The number of rotatable bonds is 6. The molecule has 8 heteroatoms. The highest BCUT2D eigenvalue weighted by Gasteiger charge is 2.64. The Morgan fingerprint density at radius 1 is 1.05 bits per heavy atom. The van der Waals surface area contributed by atoms with Crippen LogP contribution in [0.1, 0.15) is 97.1 Å². The van der Waals surface area contributed by atoms with Crippen molar-refractivity contribution in [1.29, 1.82) is 0 Å². The van der Waals surface area contributed by atoms with Gasteiger partial charge in [0.15, 0.2) is 0 Å². The molecule has 1 saturated heterocycles. The molecular weight excluding hydrogens is 525 g/mol. The summed E-state index contributed by atoms with van der Waals surface area (Å²) in [5, 5.41) is 22.2. The fraction of sp³-hybridized carbons (Fsp3) is 0.844. The predicted molar refractivity (Wildman–Crippen MR) is 153 cm³/mol. The van der Waals surface area contributed by atoms with E-state index in [1.165, 1.54) is 25.7 Å². The molecule has 40 heavy (non-hydrogen) atoms. The van der Waals surface area contributed by atoms with Crippen LogP contribution < -0.4 is 0 Å². The van der Waals surface area contributed by atoms with Crippen molar-refractivity contribution < 1.29 is 28.3 Å². The Morgan fingerprint density at radius 3 is 2.55 bits per heavy atom. The maximum absolute atomic E-state index is 13.3. The fourth-order valence-corrected chi connectivity index (χ4v) is 12.0. The number of hydrogen-bond acceptors (Lipinski definition) is 7. The average molecular weight is 576 g/mol. The van der Waals surface area contributed by atoms with E-state index in [9.17, 15) is 14.8 Å². The summed E-state index contributed by atoms with van der Waals surface area (Å²) in [4.78, 5) is 4.06. The minimum atomic E-state index is -3.60. The van der Waals surface area contributed by atoms with Crippen LogP contribution in [-0.4, -0.2) is 40.6 Å². The zero-order valence-corrected chi connectivity index (χ0v) is 25.7. The second kappa shape index (κ2) is 11.0. The molecule has 0 radical (unpaired) electrons. The molecule has 5 fully saturated rings. The number of pyridine rings is 1. The van der Waals surface area contributed by atoms with Gasteiger partial charge in [0.2, 0.25) is 0 Å². The van der Waals surface area contributed by atoms with E-state index in [-0.39, 0.29) is 35.1 Å². The summed E-state index contributed by atoms with van der Waals surface area (Å²) in [7, 11) is -3.60. The van der Waals surface area contributed by atoms with Gasteiger partial charge in [0, 0.05) is 18.8 Å². The van der Waals surface area contributed by atoms with Crippen molar-refractivity contribution in [2.45, 2.75) is 104 Å². The second-order valence-electron chi connectivity index (χ2n) is 14.5. The molecule has 224 valence electrons. The average Bonchev–Trinajstić information content (AvgIpc) is 3.30. The molecule has 5 aliphatic rings. The first-order valence-corrected chi connectivity index (χ1v) is 17.4. The van der Waals surface area contributed by atoms with Gasteiger partial charge < -0.3 is 10.2 Å². The molecule has 0 bridgehead atoms. The van der Waals surface area contributed by atoms with Crippen LogP contribution in [-0.2, 0) is 18.1 Å². The summed E-state index contributed by atoms with van der Waals surface area (Å²) in [6.45, 7) is 10.3. The molecule has 1 aromatic heterocycles. The van der Waals surface area contributed by atoms with Crippen LogP contribution in [0.3, 0.4) is 0 Å². The van der Waals surface area contributed by atoms with E-state index in [0.717, 1.165) is 31.2 Å². The smallest absolute Gasteiger partial charge is 0.393 e. The first-order chi connectivity index (χ1) is 19.1. The van der Waals surface area contributed by atoms with Crippen LogP contribution in [0.15, 0.2) is 24.5 Å². The van der Waals surface area contributed by atoms with Crippen LogP contribution >= 0.6 is 7.82 Å². The zero-order valence-electron chi connectivity index (χ0n) is 24.8. The van der Waals surface area contributed by atoms with Gasteiger partial charge in [-0.05, 0) is 121 Å². The molecule has 1 aromatic rings. The van der Waals surface area contributed by atoms with Gasteiger partial charge in [0.05, 0.1) is 31.5 Å². The van der Waals surface area contributed by atoms with Gasteiger partial charge in [-0.2, -0.15) is 0 Å². The number of aliphatic hydroxyl groups is 2. The quantitative estimate of drug-likeness (QED) is 0.354. The Morgan fingerprint density at radius 2 is 1.77 bits per heavy atom. The van der Waals surface area contributed by atoms with Gasteiger partial charge in [-0.1, -0.05) is 27.7 Å². The molecule has 2 N–H and O–H groups in total. The van der Waals surface area contributed by atoms with E-state index in [4.69, 9.17) is 13.6 Å². The highest BCUT2D eigenvalue weighted by Crippen LogP contribution is 2.69. The summed E-state index contributed by atoms with van der Waals surface area (Å²) in [6, 6.07) is 3.77. The fourth-order valence-electron chi connectivity index (χ4n) is 10.6. The second-order valence-corrected chi connectivity index (χ2v) is 16.1. The van der Waals surface area contributed by atoms with Crippen LogP contribution in [0.25, 0.3) is 0 Å². The zero-order chi connectivity index (χ0) is 28.3. The first-order valence-electron chi connectivity index (χ1n) is 15.9. The maximum atomic E-state index is 13.3. The summed E-state index contributed by atoms with van der Waals surface area (Å²) in [5.74, 6) is 3.06. The Kier molecular flexibility index (Phi) is 8.07. The van der Waals surface area contributed by atoms with Crippen LogP contribution in [0, 0.1) is 52.3 Å². The lowest BCUT2D eigenvalue weighted by Crippen LogP contribution is -2.61. The molecule has 0 aromatic carbocycles. The van der Waals surface area contributed by atoms with Crippen molar-refractivity contribution in [3.63, 3.8) is 0 Å². The van der Waals surface area contributed by atoms with Crippen molar-refractivity contribution in [2.75, 3.05) is 13.2 Å². The number of aliphatic hydroxyl groups excluding tert-OH is 2. The highest BCUT2D eigenvalue weighted by molar-refractivity contribution is 7.48. The third-order valence-corrected chi connectivity index (χ3v) is 14.2.